The maximum Gasteiger partial charge on any atom is 0.328 e. The number of hydrogen-bond donors (Lipinski definition) is 1. The SMILES string of the molecule is CCCCN(CC)c1ncc(/C=C/C(=O)O)cc1C. The molecular formula is C15H22N2O2. The van der Waals surface area contributed by atoms with Gasteiger partial charge in [-0.2, -0.15) is 0 Å². The minimum absolute atomic E-state index is 0.815. The van der Waals surface area contributed by atoms with E-state index in [4.69, 9.17) is 5.11 Å². The molecule has 0 radical (unpaired) electrons. The van der Waals surface area contributed by atoms with Crippen LogP contribution in [0.4, 0.5) is 5.82 Å². The highest BCUT2D eigenvalue weighted by Gasteiger charge is 2.08. The Morgan fingerprint density at radius 3 is 2.74 bits per heavy atom. The summed E-state index contributed by atoms with van der Waals surface area (Å²) in [6, 6.07) is 1.97. The third kappa shape index (κ3) is 4.73. The number of nitrogens with zero attached hydrogens (tertiary/aromatic N) is 2. The van der Waals surface area contributed by atoms with Crippen molar-refractivity contribution in [2.75, 3.05) is 18.0 Å². The molecule has 0 aliphatic rings. The van der Waals surface area contributed by atoms with Gasteiger partial charge in [-0.05, 0) is 43.5 Å². The van der Waals surface area contributed by atoms with Gasteiger partial charge in [0.1, 0.15) is 5.82 Å². The Morgan fingerprint density at radius 2 is 2.21 bits per heavy atom. The zero-order valence-electron chi connectivity index (χ0n) is 11.9. The lowest BCUT2D eigenvalue weighted by molar-refractivity contribution is -0.131. The number of carboxylic acid groups (broad SMARTS) is 1. The molecule has 0 unspecified atom stereocenters. The van der Waals surface area contributed by atoms with Crippen LogP contribution in [0.3, 0.4) is 0 Å². The van der Waals surface area contributed by atoms with E-state index >= 15 is 0 Å². The molecule has 0 atom stereocenters. The van der Waals surface area contributed by atoms with Gasteiger partial charge in [-0.1, -0.05) is 13.3 Å². The van der Waals surface area contributed by atoms with Crippen LogP contribution in [0.1, 0.15) is 37.8 Å². The fourth-order valence-electron chi connectivity index (χ4n) is 1.94. The molecule has 19 heavy (non-hydrogen) atoms. The first-order chi connectivity index (χ1) is 9.08. The predicted molar refractivity (Wildman–Crippen MR) is 78.4 cm³/mol. The maximum absolute atomic E-state index is 10.5. The number of unbranched alkanes of at least 4 members (excludes halogenated alkanes) is 1. The molecule has 1 aromatic rings. The molecule has 0 amide bonds. The first-order valence-electron chi connectivity index (χ1n) is 6.71. The zero-order valence-corrected chi connectivity index (χ0v) is 11.9. The summed E-state index contributed by atoms with van der Waals surface area (Å²) in [4.78, 5) is 17.2. The van der Waals surface area contributed by atoms with E-state index in [0.717, 1.165) is 49.0 Å². The molecule has 1 aromatic heterocycles. The van der Waals surface area contributed by atoms with Gasteiger partial charge in [-0.25, -0.2) is 9.78 Å². The lowest BCUT2D eigenvalue weighted by Crippen LogP contribution is -2.25. The minimum atomic E-state index is -0.945. The molecule has 4 heteroatoms. The second-order valence-corrected chi connectivity index (χ2v) is 4.51. The fourth-order valence-corrected chi connectivity index (χ4v) is 1.94. The highest BCUT2D eigenvalue weighted by Crippen LogP contribution is 2.19. The number of aryl methyl sites for hydroxylation is 1. The van der Waals surface area contributed by atoms with E-state index in [1.54, 1.807) is 12.3 Å². The van der Waals surface area contributed by atoms with Crippen molar-refractivity contribution < 1.29 is 9.90 Å². The molecule has 0 fully saturated rings. The Bertz CT molecular complexity index is 455. The van der Waals surface area contributed by atoms with Crippen LogP contribution in [0.15, 0.2) is 18.3 Å². The number of aliphatic carboxylic acids is 1. The Hall–Kier alpha value is -1.84. The molecule has 4 nitrogen and oxygen atoms in total. The standard InChI is InChI=1S/C15H22N2O2/c1-4-6-9-17(5-2)15-12(3)10-13(11-16-15)7-8-14(18)19/h7-8,10-11H,4-6,9H2,1-3H3,(H,18,19)/b8-7+. The van der Waals surface area contributed by atoms with Crippen LogP contribution in [-0.2, 0) is 4.79 Å². The number of aromatic nitrogens is 1. The van der Waals surface area contributed by atoms with E-state index < -0.39 is 5.97 Å². The molecule has 0 saturated carbocycles. The van der Waals surface area contributed by atoms with Gasteiger partial charge >= 0.3 is 5.97 Å². The van der Waals surface area contributed by atoms with Crippen molar-refractivity contribution in [3.8, 4) is 0 Å². The summed E-state index contributed by atoms with van der Waals surface area (Å²) in [6.07, 6.45) is 6.72. The summed E-state index contributed by atoms with van der Waals surface area (Å²) >= 11 is 0. The first-order valence-corrected chi connectivity index (χ1v) is 6.71. The summed E-state index contributed by atoms with van der Waals surface area (Å²) < 4.78 is 0. The number of anilines is 1. The number of rotatable bonds is 7. The van der Waals surface area contributed by atoms with Crippen molar-refractivity contribution in [1.29, 1.82) is 0 Å². The van der Waals surface area contributed by atoms with E-state index in [1.807, 2.05) is 13.0 Å². The minimum Gasteiger partial charge on any atom is -0.478 e. The van der Waals surface area contributed by atoms with Crippen LogP contribution in [0.2, 0.25) is 0 Å². The summed E-state index contributed by atoms with van der Waals surface area (Å²) in [7, 11) is 0. The first kappa shape index (κ1) is 15.2. The number of carboxylic acids is 1. The van der Waals surface area contributed by atoms with Crippen molar-refractivity contribution >= 4 is 17.9 Å². The van der Waals surface area contributed by atoms with E-state index in [1.165, 1.54) is 0 Å². The second kappa shape index (κ2) is 7.56. The number of pyridine rings is 1. The average molecular weight is 262 g/mol. The second-order valence-electron chi connectivity index (χ2n) is 4.51. The van der Waals surface area contributed by atoms with Crippen molar-refractivity contribution in [1.82, 2.24) is 4.98 Å². The van der Waals surface area contributed by atoms with E-state index in [-0.39, 0.29) is 0 Å². The lowest BCUT2D eigenvalue weighted by Gasteiger charge is -2.23. The van der Waals surface area contributed by atoms with Crippen molar-refractivity contribution in [2.24, 2.45) is 0 Å². The van der Waals surface area contributed by atoms with E-state index in [2.05, 4.69) is 23.7 Å². The predicted octanol–water partition coefficient (Wildman–Crippen LogP) is 3.11. The molecule has 0 aliphatic heterocycles. The van der Waals surface area contributed by atoms with Gasteiger partial charge in [0.15, 0.2) is 0 Å². The summed E-state index contributed by atoms with van der Waals surface area (Å²) in [5.41, 5.74) is 1.89. The molecule has 1 heterocycles. The Balaban J connectivity index is 2.89. The van der Waals surface area contributed by atoms with Gasteiger partial charge in [-0.15, -0.1) is 0 Å². The Labute approximate surface area is 114 Å². The van der Waals surface area contributed by atoms with Crippen LogP contribution >= 0.6 is 0 Å². The van der Waals surface area contributed by atoms with Crippen LogP contribution in [0.5, 0.6) is 0 Å². The van der Waals surface area contributed by atoms with Crippen molar-refractivity contribution in [2.45, 2.75) is 33.6 Å². The van der Waals surface area contributed by atoms with Gasteiger partial charge in [-0.3, -0.25) is 0 Å². The fraction of sp³-hybridized carbons (Fsp3) is 0.467. The average Bonchev–Trinajstić information content (AvgIpc) is 2.39. The van der Waals surface area contributed by atoms with Crippen LogP contribution in [0.25, 0.3) is 6.08 Å². The summed E-state index contributed by atoms with van der Waals surface area (Å²) in [5, 5.41) is 8.61. The molecule has 0 bridgehead atoms. The molecule has 1 rings (SSSR count). The largest absolute Gasteiger partial charge is 0.478 e. The Morgan fingerprint density at radius 1 is 1.47 bits per heavy atom. The van der Waals surface area contributed by atoms with Crippen LogP contribution in [0, 0.1) is 6.92 Å². The molecule has 0 spiro atoms. The molecule has 1 N–H and O–H groups in total. The van der Waals surface area contributed by atoms with E-state index in [9.17, 15) is 4.79 Å². The van der Waals surface area contributed by atoms with Crippen LogP contribution in [-0.4, -0.2) is 29.1 Å². The molecule has 0 aliphatic carbocycles. The molecular weight excluding hydrogens is 240 g/mol. The van der Waals surface area contributed by atoms with E-state index in [0.29, 0.717) is 0 Å². The number of hydrogen-bond acceptors (Lipinski definition) is 3. The van der Waals surface area contributed by atoms with Gasteiger partial charge in [0.05, 0.1) is 0 Å². The molecule has 0 saturated heterocycles. The molecule has 0 aromatic carbocycles. The third-order valence-corrected chi connectivity index (χ3v) is 2.95. The molecule has 104 valence electrons. The smallest absolute Gasteiger partial charge is 0.328 e. The normalized spacial score (nSPS) is 10.9. The van der Waals surface area contributed by atoms with Crippen LogP contribution < -0.4 is 4.90 Å². The summed E-state index contributed by atoms with van der Waals surface area (Å²) in [5.74, 6) is 0.0447. The highest BCUT2D eigenvalue weighted by atomic mass is 16.4. The number of carbonyl (C=O) groups is 1. The van der Waals surface area contributed by atoms with Gasteiger partial charge in [0.25, 0.3) is 0 Å². The van der Waals surface area contributed by atoms with Gasteiger partial charge < -0.3 is 10.0 Å². The topological polar surface area (TPSA) is 53.4 Å². The maximum atomic E-state index is 10.5. The lowest BCUT2D eigenvalue weighted by atomic mass is 10.1. The quantitative estimate of drug-likeness (QED) is 0.767. The van der Waals surface area contributed by atoms with Crippen molar-refractivity contribution in [3.05, 3.63) is 29.5 Å². The monoisotopic (exact) mass is 262 g/mol. The highest BCUT2D eigenvalue weighted by molar-refractivity contribution is 5.85. The summed E-state index contributed by atoms with van der Waals surface area (Å²) in [6.45, 7) is 8.24. The third-order valence-electron chi connectivity index (χ3n) is 2.95. The Kier molecular flexibility index (Phi) is 6.06. The zero-order chi connectivity index (χ0) is 14.3. The van der Waals surface area contributed by atoms with Gasteiger partial charge in [0.2, 0.25) is 0 Å². The van der Waals surface area contributed by atoms with Crippen molar-refractivity contribution in [3.63, 3.8) is 0 Å². The van der Waals surface area contributed by atoms with Gasteiger partial charge in [0, 0.05) is 25.4 Å².